The van der Waals surface area contributed by atoms with Crippen molar-refractivity contribution < 1.29 is 19.4 Å². The molecule has 6 nitrogen and oxygen atoms in total. The Morgan fingerprint density at radius 1 is 1.26 bits per heavy atom. The SMILES string of the molecule is O=C(O)COc1c(Cl)cc(/C=N\NC(=O)CSc2ccc(Cl)cc2)cc1Br. The van der Waals surface area contributed by atoms with Crippen molar-refractivity contribution in [2.45, 2.75) is 4.90 Å². The zero-order chi connectivity index (χ0) is 19.8. The van der Waals surface area contributed by atoms with Crippen molar-refractivity contribution in [1.29, 1.82) is 0 Å². The lowest BCUT2D eigenvalue weighted by molar-refractivity contribution is -0.139. The van der Waals surface area contributed by atoms with Crippen LogP contribution in [-0.4, -0.2) is 35.6 Å². The van der Waals surface area contributed by atoms with Crippen molar-refractivity contribution in [2.24, 2.45) is 5.10 Å². The van der Waals surface area contributed by atoms with Crippen LogP contribution in [0.2, 0.25) is 10.0 Å². The van der Waals surface area contributed by atoms with Gasteiger partial charge < -0.3 is 9.84 Å². The number of benzene rings is 2. The lowest BCUT2D eigenvalue weighted by Crippen LogP contribution is -2.19. The van der Waals surface area contributed by atoms with Crippen LogP contribution in [0.1, 0.15) is 5.56 Å². The van der Waals surface area contributed by atoms with E-state index in [1.807, 2.05) is 12.1 Å². The zero-order valence-electron chi connectivity index (χ0n) is 13.6. The minimum Gasteiger partial charge on any atom is -0.479 e. The van der Waals surface area contributed by atoms with Gasteiger partial charge in [-0.15, -0.1) is 11.8 Å². The van der Waals surface area contributed by atoms with E-state index in [4.69, 9.17) is 33.0 Å². The molecule has 0 bridgehead atoms. The normalized spacial score (nSPS) is 10.8. The third-order valence-electron chi connectivity index (χ3n) is 2.95. The van der Waals surface area contributed by atoms with Gasteiger partial charge in [0.2, 0.25) is 5.91 Å². The van der Waals surface area contributed by atoms with Crippen LogP contribution in [-0.2, 0) is 9.59 Å². The molecule has 27 heavy (non-hydrogen) atoms. The summed E-state index contributed by atoms with van der Waals surface area (Å²) in [5.41, 5.74) is 3.02. The van der Waals surface area contributed by atoms with Crippen molar-refractivity contribution in [2.75, 3.05) is 12.4 Å². The predicted octanol–water partition coefficient (Wildman–Crippen LogP) is 4.46. The summed E-state index contributed by atoms with van der Waals surface area (Å²) in [7, 11) is 0. The molecule has 0 aromatic heterocycles. The molecular weight excluding hydrogens is 479 g/mol. The smallest absolute Gasteiger partial charge is 0.341 e. The van der Waals surface area contributed by atoms with Crippen LogP contribution in [0.15, 0.2) is 50.9 Å². The fraction of sp³-hybridized carbons (Fsp3) is 0.118. The average Bonchev–Trinajstić information content (AvgIpc) is 2.60. The van der Waals surface area contributed by atoms with Gasteiger partial charge in [-0.25, -0.2) is 10.2 Å². The van der Waals surface area contributed by atoms with Crippen LogP contribution in [0.5, 0.6) is 5.75 Å². The number of amides is 1. The number of carboxylic acid groups (broad SMARTS) is 1. The van der Waals surface area contributed by atoms with Crippen molar-refractivity contribution in [1.82, 2.24) is 5.43 Å². The number of carboxylic acids is 1. The lowest BCUT2D eigenvalue weighted by Gasteiger charge is -2.09. The van der Waals surface area contributed by atoms with Gasteiger partial charge in [0.1, 0.15) is 0 Å². The molecule has 0 spiro atoms. The summed E-state index contributed by atoms with van der Waals surface area (Å²) >= 11 is 16.5. The van der Waals surface area contributed by atoms with E-state index in [0.717, 1.165) is 4.90 Å². The number of hydrazone groups is 1. The molecule has 0 aliphatic carbocycles. The molecule has 142 valence electrons. The second kappa shape index (κ2) is 10.6. The number of aliphatic carboxylic acids is 1. The first-order chi connectivity index (χ1) is 12.8. The van der Waals surface area contributed by atoms with E-state index in [0.29, 0.717) is 15.1 Å². The van der Waals surface area contributed by atoms with E-state index in [2.05, 4.69) is 26.5 Å². The number of carbonyl (C=O) groups is 2. The van der Waals surface area contributed by atoms with E-state index < -0.39 is 12.6 Å². The first-order valence-electron chi connectivity index (χ1n) is 7.39. The molecule has 0 aliphatic heterocycles. The molecule has 2 N–H and O–H groups in total. The van der Waals surface area contributed by atoms with Gasteiger partial charge in [-0.2, -0.15) is 5.10 Å². The third-order valence-corrected chi connectivity index (χ3v) is 5.08. The Labute approximate surface area is 178 Å². The van der Waals surface area contributed by atoms with Gasteiger partial charge in [0.15, 0.2) is 12.4 Å². The molecule has 0 fully saturated rings. The average molecular weight is 492 g/mol. The maximum Gasteiger partial charge on any atom is 0.341 e. The fourth-order valence-corrected chi connectivity index (χ4v) is 3.62. The van der Waals surface area contributed by atoms with E-state index >= 15 is 0 Å². The van der Waals surface area contributed by atoms with E-state index in [1.165, 1.54) is 18.0 Å². The number of hydrogen-bond acceptors (Lipinski definition) is 5. The Balaban J connectivity index is 1.88. The Bertz CT molecular complexity index is 840. The first kappa shape index (κ1) is 21.6. The van der Waals surface area contributed by atoms with Crippen molar-refractivity contribution in [3.8, 4) is 5.75 Å². The number of nitrogens with zero attached hydrogens (tertiary/aromatic N) is 1. The van der Waals surface area contributed by atoms with Crippen LogP contribution in [0, 0.1) is 0 Å². The summed E-state index contributed by atoms with van der Waals surface area (Å²) in [5, 5.41) is 13.4. The molecule has 2 rings (SSSR count). The summed E-state index contributed by atoms with van der Waals surface area (Å²) in [6.07, 6.45) is 1.42. The van der Waals surface area contributed by atoms with Gasteiger partial charge in [-0.3, -0.25) is 4.79 Å². The second-order valence-electron chi connectivity index (χ2n) is 5.03. The Morgan fingerprint density at radius 3 is 2.59 bits per heavy atom. The predicted molar refractivity (Wildman–Crippen MR) is 110 cm³/mol. The maximum absolute atomic E-state index is 11.8. The van der Waals surface area contributed by atoms with Crippen LogP contribution >= 0.6 is 50.9 Å². The van der Waals surface area contributed by atoms with E-state index in [1.54, 1.807) is 24.3 Å². The highest BCUT2D eigenvalue weighted by atomic mass is 79.9. The molecule has 2 aromatic rings. The summed E-state index contributed by atoms with van der Waals surface area (Å²) in [5.74, 6) is -0.953. The van der Waals surface area contributed by atoms with Gasteiger partial charge in [-0.1, -0.05) is 23.2 Å². The van der Waals surface area contributed by atoms with Crippen molar-refractivity contribution >= 4 is 69.0 Å². The highest BCUT2D eigenvalue weighted by Gasteiger charge is 2.10. The maximum atomic E-state index is 11.8. The van der Waals surface area contributed by atoms with Gasteiger partial charge in [0.25, 0.3) is 0 Å². The molecule has 1 amide bonds. The summed E-state index contributed by atoms with van der Waals surface area (Å²) in [4.78, 5) is 23.3. The second-order valence-corrected chi connectivity index (χ2v) is 7.78. The van der Waals surface area contributed by atoms with Gasteiger partial charge >= 0.3 is 5.97 Å². The van der Waals surface area contributed by atoms with E-state index in [9.17, 15) is 9.59 Å². The van der Waals surface area contributed by atoms with Crippen LogP contribution in [0.3, 0.4) is 0 Å². The molecule has 0 saturated heterocycles. The Hall–Kier alpha value is -1.74. The molecule has 0 saturated carbocycles. The molecule has 2 aromatic carbocycles. The summed E-state index contributed by atoms with van der Waals surface area (Å²) in [6.45, 7) is -0.507. The number of carbonyl (C=O) groups excluding carboxylic acids is 1. The Kier molecular flexibility index (Phi) is 8.43. The number of nitrogens with one attached hydrogen (secondary N) is 1. The lowest BCUT2D eigenvalue weighted by atomic mass is 10.2. The van der Waals surface area contributed by atoms with Crippen LogP contribution in [0.4, 0.5) is 0 Å². The zero-order valence-corrected chi connectivity index (χ0v) is 17.5. The van der Waals surface area contributed by atoms with Crippen LogP contribution < -0.4 is 10.2 Å². The van der Waals surface area contributed by atoms with Crippen molar-refractivity contribution in [3.05, 3.63) is 56.5 Å². The van der Waals surface area contributed by atoms with Crippen molar-refractivity contribution in [3.63, 3.8) is 0 Å². The molecule has 0 radical (unpaired) electrons. The standard InChI is InChI=1S/C17H13BrCl2N2O4S/c18-13-5-10(6-14(20)17(13)26-8-16(24)25)7-21-22-15(23)9-27-12-3-1-11(19)2-4-12/h1-7H,8-9H2,(H,22,23)(H,24,25)/b21-7-. The van der Waals surface area contributed by atoms with Gasteiger partial charge in [0.05, 0.1) is 21.5 Å². The fourth-order valence-electron chi connectivity index (χ4n) is 1.82. The third kappa shape index (κ3) is 7.42. The van der Waals surface area contributed by atoms with Gasteiger partial charge in [0, 0.05) is 9.92 Å². The minimum atomic E-state index is -1.11. The quantitative estimate of drug-likeness (QED) is 0.323. The highest BCUT2D eigenvalue weighted by Crippen LogP contribution is 2.34. The van der Waals surface area contributed by atoms with E-state index in [-0.39, 0.29) is 22.4 Å². The molecule has 0 heterocycles. The van der Waals surface area contributed by atoms with Crippen LogP contribution in [0.25, 0.3) is 0 Å². The minimum absolute atomic E-state index is 0.200. The summed E-state index contributed by atoms with van der Waals surface area (Å²) in [6, 6.07) is 10.4. The highest BCUT2D eigenvalue weighted by molar-refractivity contribution is 9.10. The number of ether oxygens (including phenoxy) is 1. The largest absolute Gasteiger partial charge is 0.479 e. The Morgan fingerprint density at radius 2 is 1.96 bits per heavy atom. The molecule has 10 heteroatoms. The molecule has 0 aliphatic rings. The first-order valence-corrected chi connectivity index (χ1v) is 9.92. The number of hydrogen-bond donors (Lipinski definition) is 2. The summed E-state index contributed by atoms with van der Waals surface area (Å²) < 4.78 is 5.58. The number of rotatable bonds is 8. The molecule has 0 atom stereocenters. The topological polar surface area (TPSA) is 88.0 Å². The number of halogens is 3. The number of thioether (sulfide) groups is 1. The monoisotopic (exact) mass is 490 g/mol. The molecule has 0 unspecified atom stereocenters. The van der Waals surface area contributed by atoms with Gasteiger partial charge in [-0.05, 0) is 57.9 Å². The molecular formula is C17H13BrCl2N2O4S.